The van der Waals surface area contributed by atoms with Crippen LogP contribution in [0.2, 0.25) is 0 Å². The van der Waals surface area contributed by atoms with Gasteiger partial charge in [-0.25, -0.2) is 23.5 Å². The van der Waals surface area contributed by atoms with Crippen molar-refractivity contribution in [3.63, 3.8) is 0 Å². The zero-order valence-electron chi connectivity index (χ0n) is 15.2. The molecule has 1 aliphatic carbocycles. The minimum Gasteiger partial charge on any atom is -0.245 e. The fourth-order valence-electron chi connectivity index (χ4n) is 5.05. The zero-order chi connectivity index (χ0) is 19.0. The first-order chi connectivity index (χ1) is 13.6. The van der Waals surface area contributed by atoms with Crippen LogP contribution in [0.5, 0.6) is 0 Å². The van der Waals surface area contributed by atoms with Gasteiger partial charge >= 0.3 is 11.4 Å². The second-order valence-electron chi connectivity index (χ2n) is 7.54. The molecule has 4 aromatic rings. The molecule has 3 aliphatic rings. The lowest BCUT2D eigenvalue weighted by atomic mass is 9.70. The van der Waals surface area contributed by atoms with Crippen molar-refractivity contribution < 1.29 is 0 Å². The molecular weight excluding hydrogens is 350 g/mol. The molecule has 2 aliphatic heterocycles. The van der Waals surface area contributed by atoms with Crippen molar-refractivity contribution in [3.05, 3.63) is 122 Å². The van der Waals surface area contributed by atoms with E-state index in [1.54, 1.807) is 21.5 Å². The maximum absolute atomic E-state index is 13.6. The predicted molar refractivity (Wildman–Crippen MR) is 106 cm³/mol. The maximum atomic E-state index is 13.6. The van der Waals surface area contributed by atoms with Gasteiger partial charge in [-0.1, -0.05) is 66.7 Å². The number of benzene rings is 3. The summed E-state index contributed by atoms with van der Waals surface area (Å²) < 4.78 is 4.57. The summed E-state index contributed by atoms with van der Waals surface area (Å²) in [7, 11) is 0. The van der Waals surface area contributed by atoms with Crippen molar-refractivity contribution in [1.82, 2.24) is 13.9 Å². The Morgan fingerprint density at radius 1 is 0.714 bits per heavy atom. The molecule has 0 unspecified atom stereocenters. The summed E-state index contributed by atoms with van der Waals surface area (Å²) in [5.41, 5.74) is 3.54. The number of aromatic nitrogens is 3. The Morgan fingerprint density at radius 2 is 1.25 bits per heavy atom. The Bertz CT molecular complexity index is 1330. The normalized spacial score (nSPS) is 21.1. The molecule has 136 valence electrons. The van der Waals surface area contributed by atoms with Gasteiger partial charge in [0.15, 0.2) is 0 Å². The van der Waals surface area contributed by atoms with Crippen LogP contribution in [0.15, 0.2) is 88.5 Å². The first-order valence-corrected chi connectivity index (χ1v) is 9.35. The summed E-state index contributed by atoms with van der Waals surface area (Å²) >= 11 is 0. The molecule has 3 aromatic carbocycles. The van der Waals surface area contributed by atoms with Gasteiger partial charge in [-0.3, -0.25) is 0 Å². The summed E-state index contributed by atoms with van der Waals surface area (Å²) in [6.07, 6.45) is 0. The lowest BCUT2D eigenvalue weighted by molar-refractivity contribution is 0.262. The van der Waals surface area contributed by atoms with Crippen LogP contribution in [0, 0.1) is 0 Å². The van der Waals surface area contributed by atoms with Crippen LogP contribution in [0.4, 0.5) is 0 Å². The third-order valence-electron chi connectivity index (χ3n) is 6.22. The second-order valence-corrected chi connectivity index (χ2v) is 7.54. The van der Waals surface area contributed by atoms with Gasteiger partial charge < -0.3 is 0 Å². The lowest BCUT2D eigenvalue weighted by Crippen LogP contribution is -2.54. The molecule has 0 fully saturated rings. The van der Waals surface area contributed by atoms with E-state index in [2.05, 4.69) is 24.3 Å². The Hall–Kier alpha value is -3.60. The molecule has 0 spiro atoms. The topological polar surface area (TPSA) is 48.9 Å². The lowest BCUT2D eigenvalue weighted by Gasteiger charge is -2.48. The van der Waals surface area contributed by atoms with Crippen LogP contribution in [-0.4, -0.2) is 13.9 Å². The fourth-order valence-corrected chi connectivity index (χ4v) is 5.05. The van der Waals surface area contributed by atoms with Gasteiger partial charge in [0, 0.05) is 0 Å². The van der Waals surface area contributed by atoms with Gasteiger partial charge in [-0.05, 0) is 41.3 Å². The molecule has 0 atom stereocenters. The molecule has 2 bridgehead atoms. The summed E-state index contributed by atoms with van der Waals surface area (Å²) in [6.45, 7) is 2.03. The zero-order valence-corrected chi connectivity index (χ0v) is 15.2. The van der Waals surface area contributed by atoms with Crippen LogP contribution in [-0.2, 0) is 5.54 Å². The van der Waals surface area contributed by atoms with Crippen molar-refractivity contribution in [2.24, 2.45) is 0 Å². The highest BCUT2D eigenvalue weighted by Gasteiger charge is 2.51. The van der Waals surface area contributed by atoms with Gasteiger partial charge in [0.2, 0.25) is 0 Å². The molecule has 0 radical (unpaired) electrons. The summed E-state index contributed by atoms with van der Waals surface area (Å²) in [5, 5.41) is 0. The van der Waals surface area contributed by atoms with E-state index < -0.39 is 5.54 Å². The summed E-state index contributed by atoms with van der Waals surface area (Å²) in [5.74, 6) is 0. The molecule has 7 rings (SSSR count). The minimum atomic E-state index is -0.738. The van der Waals surface area contributed by atoms with E-state index in [1.807, 2.05) is 49.4 Å². The van der Waals surface area contributed by atoms with Crippen molar-refractivity contribution in [1.29, 1.82) is 0 Å². The van der Waals surface area contributed by atoms with Crippen LogP contribution in [0.25, 0.3) is 5.69 Å². The smallest absolute Gasteiger partial charge is 0.245 e. The Morgan fingerprint density at radius 3 is 1.86 bits per heavy atom. The minimum absolute atomic E-state index is 0.306. The predicted octanol–water partition coefficient (Wildman–Crippen LogP) is 2.88. The van der Waals surface area contributed by atoms with Crippen molar-refractivity contribution in [2.75, 3.05) is 0 Å². The molecule has 0 saturated heterocycles. The number of rotatable bonds is 1. The third kappa shape index (κ3) is 1.59. The van der Waals surface area contributed by atoms with E-state index in [4.69, 9.17) is 0 Å². The van der Waals surface area contributed by atoms with E-state index in [0.29, 0.717) is 5.69 Å². The van der Waals surface area contributed by atoms with Crippen LogP contribution < -0.4 is 11.4 Å². The molecule has 0 N–H and O–H groups in total. The van der Waals surface area contributed by atoms with Crippen LogP contribution in [0.1, 0.15) is 35.2 Å². The molecule has 28 heavy (non-hydrogen) atoms. The van der Waals surface area contributed by atoms with E-state index in [9.17, 15) is 9.59 Å². The average Bonchev–Trinajstić information content (AvgIpc) is 3.01. The summed E-state index contributed by atoms with van der Waals surface area (Å²) in [6, 6.07) is 25.1. The van der Waals surface area contributed by atoms with Crippen molar-refractivity contribution in [2.45, 2.75) is 18.5 Å². The molecule has 5 nitrogen and oxygen atoms in total. The number of para-hydroxylation sites is 1. The molecule has 0 saturated carbocycles. The average molecular weight is 367 g/mol. The van der Waals surface area contributed by atoms with Gasteiger partial charge in [-0.2, -0.15) is 0 Å². The fraction of sp³-hybridized carbons (Fsp3) is 0.130. The van der Waals surface area contributed by atoms with Crippen LogP contribution >= 0.6 is 0 Å². The quantitative estimate of drug-likeness (QED) is 0.519. The molecule has 5 heteroatoms. The van der Waals surface area contributed by atoms with E-state index in [-0.39, 0.29) is 17.4 Å². The largest absolute Gasteiger partial charge is 0.353 e. The number of hydrogen-bond donors (Lipinski definition) is 0. The standard InChI is InChI=1S/C23H17N3O2/c1-23-18-13-7-5-11-16(18)20(17-12-6-8-14-19(17)23)25-21(27)24(22(28)26(23)25)15-9-3-2-4-10-15/h2-14,20H,1H3. The summed E-state index contributed by atoms with van der Waals surface area (Å²) in [4.78, 5) is 27.0. The van der Waals surface area contributed by atoms with Gasteiger partial charge in [0.05, 0.1) is 5.69 Å². The highest BCUT2D eigenvalue weighted by atomic mass is 16.2. The third-order valence-corrected chi connectivity index (χ3v) is 6.22. The first-order valence-electron chi connectivity index (χ1n) is 9.35. The van der Waals surface area contributed by atoms with Crippen molar-refractivity contribution >= 4 is 0 Å². The van der Waals surface area contributed by atoms with Gasteiger partial charge in [-0.15, -0.1) is 0 Å². The molecular formula is C23H17N3O2. The van der Waals surface area contributed by atoms with Gasteiger partial charge in [0.25, 0.3) is 0 Å². The molecule has 0 amide bonds. The van der Waals surface area contributed by atoms with Gasteiger partial charge in [0.1, 0.15) is 11.6 Å². The monoisotopic (exact) mass is 367 g/mol. The number of nitrogens with zero attached hydrogens (tertiary/aromatic N) is 3. The molecule has 3 heterocycles. The van der Waals surface area contributed by atoms with E-state index >= 15 is 0 Å². The molecule has 1 aromatic heterocycles. The Balaban J connectivity index is 1.80. The highest BCUT2D eigenvalue weighted by molar-refractivity contribution is 5.58. The van der Waals surface area contributed by atoms with Crippen LogP contribution in [0.3, 0.4) is 0 Å². The maximum Gasteiger partial charge on any atom is 0.353 e. The number of hydrogen-bond acceptors (Lipinski definition) is 2. The van der Waals surface area contributed by atoms with Crippen molar-refractivity contribution in [3.8, 4) is 5.69 Å². The van der Waals surface area contributed by atoms with E-state index in [0.717, 1.165) is 22.3 Å². The highest BCUT2D eigenvalue weighted by Crippen LogP contribution is 2.51. The Kier molecular flexibility index (Phi) is 2.77. The Labute approximate surface area is 160 Å². The van der Waals surface area contributed by atoms with E-state index in [1.165, 1.54) is 4.57 Å². The second kappa shape index (κ2) is 5.01. The first kappa shape index (κ1) is 15.5. The SMILES string of the molecule is CC12c3ccccc3C(c3ccccc31)n1c(=O)n(-c3ccccc3)c(=O)n12.